The zero-order valence-corrected chi connectivity index (χ0v) is 18.2. The maximum Gasteiger partial charge on any atom is 0.410 e. The van der Waals surface area contributed by atoms with E-state index in [1.807, 2.05) is 37.9 Å². The Morgan fingerprint density at radius 2 is 2.13 bits per heavy atom. The monoisotopic (exact) mass is 413 g/mol. The molecule has 4 rings (SSSR count). The second-order valence-corrected chi connectivity index (χ2v) is 9.51. The number of ether oxygens (including phenoxy) is 1. The van der Waals surface area contributed by atoms with Gasteiger partial charge in [-0.3, -0.25) is 4.79 Å². The number of amides is 2. The van der Waals surface area contributed by atoms with Crippen molar-refractivity contribution in [3.63, 3.8) is 0 Å². The van der Waals surface area contributed by atoms with Gasteiger partial charge < -0.3 is 14.5 Å². The van der Waals surface area contributed by atoms with E-state index in [4.69, 9.17) is 4.74 Å². The largest absolute Gasteiger partial charge is 0.444 e. The highest BCUT2D eigenvalue weighted by molar-refractivity contribution is 5.82. The molecule has 2 fully saturated rings. The quantitative estimate of drug-likeness (QED) is 0.770. The number of carbonyl (C=O) groups is 2. The summed E-state index contributed by atoms with van der Waals surface area (Å²) in [6, 6.07) is 4.17. The Bertz CT molecular complexity index is 934. The molecule has 0 radical (unpaired) electrons. The highest BCUT2D eigenvalue weighted by Gasteiger charge is 2.43. The molecule has 30 heavy (non-hydrogen) atoms. The van der Waals surface area contributed by atoms with E-state index in [2.05, 4.69) is 23.1 Å². The van der Waals surface area contributed by atoms with Crippen LogP contribution in [0, 0.1) is 5.92 Å². The lowest BCUT2D eigenvalue weighted by molar-refractivity contribution is -0.133. The van der Waals surface area contributed by atoms with E-state index < -0.39 is 5.60 Å². The van der Waals surface area contributed by atoms with Crippen LogP contribution in [0.5, 0.6) is 0 Å². The van der Waals surface area contributed by atoms with Crippen molar-refractivity contribution < 1.29 is 14.3 Å². The molecule has 8 heteroatoms. The third-order valence-electron chi connectivity index (χ3n) is 6.14. The predicted octanol–water partition coefficient (Wildman–Crippen LogP) is 3.08. The first-order chi connectivity index (χ1) is 14.2. The van der Waals surface area contributed by atoms with E-state index >= 15 is 0 Å². The van der Waals surface area contributed by atoms with Crippen LogP contribution in [0.2, 0.25) is 0 Å². The van der Waals surface area contributed by atoms with Crippen LogP contribution in [0.3, 0.4) is 0 Å². The van der Waals surface area contributed by atoms with Crippen LogP contribution in [0.4, 0.5) is 4.79 Å². The van der Waals surface area contributed by atoms with Crippen molar-refractivity contribution in [3.8, 4) is 0 Å². The number of nitrogens with zero attached hydrogens (tertiary/aromatic N) is 5. The molecule has 2 aromatic heterocycles. The summed E-state index contributed by atoms with van der Waals surface area (Å²) >= 11 is 0. The second kappa shape index (κ2) is 7.89. The number of piperazine rings is 1. The molecule has 0 saturated carbocycles. The summed E-state index contributed by atoms with van der Waals surface area (Å²) in [6.45, 7) is 9.49. The number of hydrogen-bond donors (Lipinski definition) is 0. The third-order valence-corrected chi connectivity index (χ3v) is 6.14. The molecular formula is C22H31N5O3. The fourth-order valence-corrected chi connectivity index (χ4v) is 4.60. The number of aromatic nitrogens is 3. The molecule has 8 nitrogen and oxygen atoms in total. The van der Waals surface area contributed by atoms with Crippen LogP contribution in [-0.4, -0.2) is 67.7 Å². The molecular weight excluding hydrogens is 382 g/mol. The Labute approximate surface area is 177 Å². The van der Waals surface area contributed by atoms with Crippen molar-refractivity contribution >= 4 is 17.6 Å². The normalized spacial score (nSPS) is 23.0. The molecule has 2 saturated heterocycles. The van der Waals surface area contributed by atoms with Gasteiger partial charge in [0.1, 0.15) is 11.9 Å². The average Bonchev–Trinajstić information content (AvgIpc) is 3.29. The molecule has 2 amide bonds. The first-order valence-corrected chi connectivity index (χ1v) is 10.8. The fourth-order valence-electron chi connectivity index (χ4n) is 4.60. The molecule has 2 aliphatic heterocycles. The number of rotatable bonds is 4. The van der Waals surface area contributed by atoms with Crippen molar-refractivity contribution in [3.05, 3.63) is 30.2 Å². The van der Waals surface area contributed by atoms with Gasteiger partial charge in [0.15, 0.2) is 5.65 Å². The Morgan fingerprint density at radius 1 is 1.33 bits per heavy atom. The molecule has 2 aliphatic rings. The van der Waals surface area contributed by atoms with Gasteiger partial charge in [0.2, 0.25) is 5.91 Å². The highest BCUT2D eigenvalue weighted by atomic mass is 16.6. The molecule has 4 heterocycles. The smallest absolute Gasteiger partial charge is 0.410 e. The molecule has 2 aromatic rings. The summed E-state index contributed by atoms with van der Waals surface area (Å²) in [5, 5.41) is 4.21. The fraction of sp³-hybridized carbons (Fsp3) is 0.636. The number of hydrogen-bond acceptors (Lipinski definition) is 5. The van der Waals surface area contributed by atoms with Gasteiger partial charge in [-0.2, -0.15) is 5.10 Å². The van der Waals surface area contributed by atoms with Gasteiger partial charge in [-0.1, -0.05) is 13.0 Å². The zero-order valence-electron chi connectivity index (χ0n) is 18.2. The minimum absolute atomic E-state index is 0.0219. The van der Waals surface area contributed by atoms with Crippen LogP contribution in [-0.2, 0) is 9.53 Å². The van der Waals surface area contributed by atoms with Crippen LogP contribution in [0.25, 0.3) is 5.65 Å². The van der Waals surface area contributed by atoms with Crippen molar-refractivity contribution in [1.82, 2.24) is 24.4 Å². The van der Waals surface area contributed by atoms with Gasteiger partial charge in [-0.15, -0.1) is 0 Å². The molecule has 0 N–H and O–H groups in total. The van der Waals surface area contributed by atoms with Crippen LogP contribution in [0.1, 0.15) is 58.4 Å². The van der Waals surface area contributed by atoms with E-state index in [0.717, 1.165) is 30.5 Å². The topological polar surface area (TPSA) is 80.0 Å². The molecule has 162 valence electrons. The molecule has 0 aromatic carbocycles. The lowest BCUT2D eigenvalue weighted by atomic mass is 9.90. The van der Waals surface area contributed by atoms with E-state index in [0.29, 0.717) is 25.6 Å². The lowest BCUT2D eigenvalue weighted by Gasteiger charge is -2.38. The Morgan fingerprint density at radius 3 is 2.90 bits per heavy atom. The maximum atomic E-state index is 12.9. The number of carbonyl (C=O) groups excluding carboxylic acids is 2. The lowest BCUT2D eigenvalue weighted by Crippen LogP contribution is -2.54. The summed E-state index contributed by atoms with van der Waals surface area (Å²) in [5.41, 5.74) is 1.54. The highest BCUT2D eigenvalue weighted by Crippen LogP contribution is 2.34. The summed E-state index contributed by atoms with van der Waals surface area (Å²) in [6.07, 6.45) is 5.75. The Hall–Kier alpha value is -2.64. The van der Waals surface area contributed by atoms with Crippen LogP contribution in [0.15, 0.2) is 24.7 Å². The third kappa shape index (κ3) is 4.13. The van der Waals surface area contributed by atoms with E-state index in [9.17, 15) is 9.59 Å². The summed E-state index contributed by atoms with van der Waals surface area (Å²) < 4.78 is 7.30. The standard InChI is InChI=1S/C22H31N5O3/c1-15(18-6-5-9-27-19(18)23-14-24-27)7-8-16-12-17-13-25(10-11-26(17)20(16)28)21(29)30-22(2,3)4/h5-6,9,14-17H,7-8,10-13H2,1-4H3/t15?,16-,17-/m0/s1. The SMILES string of the molecule is CC(CC[C@H]1C[C@H]2CN(C(=O)OC(C)(C)C)CCN2C1=O)c1cccn2ncnc12. The van der Waals surface area contributed by atoms with Gasteiger partial charge in [0.25, 0.3) is 0 Å². The molecule has 0 aliphatic carbocycles. The first-order valence-electron chi connectivity index (χ1n) is 10.8. The van der Waals surface area contributed by atoms with Crippen molar-refractivity contribution in [2.24, 2.45) is 5.92 Å². The van der Waals surface area contributed by atoms with Gasteiger partial charge >= 0.3 is 6.09 Å². The minimum Gasteiger partial charge on any atom is -0.444 e. The van der Waals surface area contributed by atoms with Crippen molar-refractivity contribution in [2.45, 2.75) is 64.5 Å². The summed E-state index contributed by atoms with van der Waals surface area (Å²) in [7, 11) is 0. The minimum atomic E-state index is -0.508. The van der Waals surface area contributed by atoms with E-state index in [1.54, 1.807) is 15.7 Å². The molecule has 3 atom stereocenters. The van der Waals surface area contributed by atoms with Gasteiger partial charge in [0, 0.05) is 31.7 Å². The van der Waals surface area contributed by atoms with Crippen molar-refractivity contribution in [2.75, 3.05) is 19.6 Å². The molecule has 1 unspecified atom stereocenters. The number of pyridine rings is 1. The van der Waals surface area contributed by atoms with Gasteiger partial charge in [0.05, 0.1) is 6.04 Å². The first kappa shape index (κ1) is 20.6. The van der Waals surface area contributed by atoms with E-state index in [1.165, 1.54) is 0 Å². The molecule has 0 spiro atoms. The van der Waals surface area contributed by atoms with Crippen LogP contribution >= 0.6 is 0 Å². The van der Waals surface area contributed by atoms with E-state index in [-0.39, 0.29) is 24.0 Å². The average molecular weight is 414 g/mol. The Balaban J connectivity index is 1.35. The molecule has 0 bridgehead atoms. The predicted molar refractivity (Wildman–Crippen MR) is 112 cm³/mol. The Kier molecular flexibility index (Phi) is 5.42. The van der Waals surface area contributed by atoms with Gasteiger partial charge in [-0.25, -0.2) is 14.3 Å². The summed E-state index contributed by atoms with van der Waals surface area (Å²) in [5.74, 6) is 0.548. The van der Waals surface area contributed by atoms with Gasteiger partial charge in [-0.05, 0) is 57.6 Å². The second-order valence-electron chi connectivity index (χ2n) is 9.51. The van der Waals surface area contributed by atoms with Crippen LogP contribution < -0.4 is 0 Å². The van der Waals surface area contributed by atoms with Crippen molar-refractivity contribution in [1.29, 1.82) is 0 Å². The summed E-state index contributed by atoms with van der Waals surface area (Å²) in [4.78, 5) is 33.4. The number of fused-ring (bicyclic) bond motifs is 2. The maximum absolute atomic E-state index is 12.9. The zero-order chi connectivity index (χ0) is 21.5.